The summed E-state index contributed by atoms with van der Waals surface area (Å²) in [4.78, 5) is 9.34. The van der Waals surface area contributed by atoms with Crippen molar-refractivity contribution < 1.29 is 53.5 Å². The average Bonchev–Trinajstić information content (AvgIpc) is 2.46. The highest BCUT2D eigenvalue weighted by Gasteiger charge is 2.62. The first-order valence-corrected chi connectivity index (χ1v) is 8.26. The van der Waals surface area contributed by atoms with Gasteiger partial charge in [-0.3, -0.25) is 0 Å². The molecule has 13 heteroatoms. The van der Waals surface area contributed by atoms with Gasteiger partial charge in [0.15, 0.2) is 17.5 Å². The van der Waals surface area contributed by atoms with Crippen LogP contribution in [0.5, 0.6) is 5.75 Å². The van der Waals surface area contributed by atoms with Crippen molar-refractivity contribution in [1.82, 2.24) is 0 Å². The summed E-state index contributed by atoms with van der Waals surface area (Å²) >= 11 is 0. The zero-order valence-corrected chi connectivity index (χ0v) is 13.1. The quantitative estimate of drug-likeness (QED) is 0.305. The normalized spacial score (nSPS) is 15.2. The maximum absolute atomic E-state index is 13.9. The highest BCUT2D eigenvalue weighted by molar-refractivity contribution is 7.53. The topological polar surface area (TPSA) is 46.5 Å². The lowest BCUT2D eigenvalue weighted by molar-refractivity contribution is -0.291. The molecule has 0 saturated heterocycles. The van der Waals surface area contributed by atoms with E-state index in [9.17, 15) is 49.0 Å². The molecule has 0 saturated carbocycles. The zero-order valence-electron chi connectivity index (χ0n) is 12.2. The fraction of sp³-hybridized carbons (Fsp3) is 0.500. The Morgan fingerprint density at radius 2 is 1.48 bits per heavy atom. The van der Waals surface area contributed by atoms with Gasteiger partial charge in [0.1, 0.15) is 5.56 Å². The molecular weight excluding hydrogens is 394 g/mol. The number of alkyl halides is 5. The Kier molecular flexibility index (Phi) is 6.11. The van der Waals surface area contributed by atoms with Crippen LogP contribution in [0.1, 0.15) is 25.3 Å². The summed E-state index contributed by atoms with van der Waals surface area (Å²) in [5, 5.41) is 0. The minimum atomic E-state index is -6.55. The molecule has 1 atom stereocenters. The Morgan fingerprint density at radius 1 is 0.960 bits per heavy atom. The first kappa shape index (κ1) is 21.6. The van der Waals surface area contributed by atoms with Gasteiger partial charge in [0.25, 0.3) is 0 Å². The molecule has 0 aromatic heterocycles. The van der Waals surface area contributed by atoms with Gasteiger partial charge in [-0.2, -0.15) is 26.3 Å². The van der Waals surface area contributed by atoms with Crippen LogP contribution in [0.3, 0.4) is 0 Å². The van der Waals surface area contributed by atoms with E-state index in [1.165, 1.54) is 6.92 Å². The number of unbranched alkanes of at least 4 members (excludes halogenated alkanes) is 1. The van der Waals surface area contributed by atoms with Gasteiger partial charge in [0.2, 0.25) is 11.6 Å². The van der Waals surface area contributed by atoms with E-state index < -0.39 is 60.4 Å². The molecule has 3 nitrogen and oxygen atoms in total. The predicted molar refractivity (Wildman–Crippen MR) is 66.5 cm³/mol. The van der Waals surface area contributed by atoms with E-state index in [0.29, 0.717) is 0 Å². The van der Waals surface area contributed by atoms with Gasteiger partial charge >= 0.3 is 19.7 Å². The Balaban J connectivity index is 3.60. The number of benzene rings is 1. The summed E-state index contributed by atoms with van der Waals surface area (Å²) in [5.74, 6) is -20.2. The highest BCUT2D eigenvalue weighted by atomic mass is 31.2. The SMILES string of the molecule is CCCCP(=O)(O)Oc1c(F)c(F)c(F)c(C(F)(F)C(F)(F)F)c1F. The minimum Gasteiger partial charge on any atom is -0.418 e. The van der Waals surface area contributed by atoms with E-state index in [4.69, 9.17) is 0 Å². The van der Waals surface area contributed by atoms with Gasteiger partial charge in [-0.1, -0.05) is 13.3 Å². The van der Waals surface area contributed by atoms with Crippen LogP contribution in [0.25, 0.3) is 0 Å². The molecule has 0 aliphatic carbocycles. The van der Waals surface area contributed by atoms with Crippen molar-refractivity contribution in [2.75, 3.05) is 6.16 Å². The van der Waals surface area contributed by atoms with Crippen molar-refractivity contribution in [3.8, 4) is 5.75 Å². The molecule has 1 rings (SSSR count). The largest absolute Gasteiger partial charge is 0.458 e. The van der Waals surface area contributed by atoms with Gasteiger partial charge in [-0.05, 0) is 6.42 Å². The average molecular weight is 404 g/mol. The van der Waals surface area contributed by atoms with E-state index in [1.54, 1.807) is 0 Å². The third-order valence-electron chi connectivity index (χ3n) is 2.92. The fourth-order valence-electron chi connectivity index (χ4n) is 1.66. The molecule has 0 fully saturated rings. The first-order chi connectivity index (χ1) is 11.2. The molecule has 0 heterocycles. The van der Waals surface area contributed by atoms with E-state index in [1.807, 2.05) is 0 Å². The summed E-state index contributed by atoms with van der Waals surface area (Å²) in [6, 6.07) is 0. The van der Waals surface area contributed by atoms with Gasteiger partial charge in [-0.15, -0.1) is 0 Å². The molecular formula is C12H10F9O3P. The van der Waals surface area contributed by atoms with Crippen molar-refractivity contribution in [3.63, 3.8) is 0 Å². The minimum absolute atomic E-state index is 0.0493. The van der Waals surface area contributed by atoms with Gasteiger partial charge < -0.3 is 9.42 Å². The van der Waals surface area contributed by atoms with Crippen LogP contribution >= 0.6 is 7.60 Å². The summed E-state index contributed by atoms with van der Waals surface area (Å²) in [6.45, 7) is 1.53. The second kappa shape index (κ2) is 7.06. The monoisotopic (exact) mass is 404 g/mol. The fourth-order valence-corrected chi connectivity index (χ4v) is 2.91. The second-order valence-electron chi connectivity index (χ2n) is 4.84. The molecule has 0 aliphatic rings. The molecule has 0 amide bonds. The summed E-state index contributed by atoms with van der Waals surface area (Å²) in [7, 11) is -4.93. The van der Waals surface area contributed by atoms with E-state index in [-0.39, 0.29) is 12.8 Å². The van der Waals surface area contributed by atoms with E-state index in [0.717, 1.165) is 0 Å². The summed E-state index contributed by atoms with van der Waals surface area (Å²) in [6.07, 6.45) is -7.08. The van der Waals surface area contributed by atoms with Crippen LogP contribution in [0.4, 0.5) is 39.5 Å². The zero-order chi connectivity index (χ0) is 19.8. The second-order valence-corrected chi connectivity index (χ2v) is 6.74. The number of hydrogen-bond acceptors (Lipinski definition) is 2. The lowest BCUT2D eigenvalue weighted by Crippen LogP contribution is -2.36. The van der Waals surface area contributed by atoms with Gasteiger partial charge in [-0.25, -0.2) is 17.7 Å². The summed E-state index contributed by atoms with van der Waals surface area (Å²) < 4.78 is 133. The molecule has 25 heavy (non-hydrogen) atoms. The Morgan fingerprint density at radius 3 is 1.92 bits per heavy atom. The van der Waals surface area contributed by atoms with E-state index in [2.05, 4.69) is 4.52 Å². The third kappa shape index (κ3) is 4.22. The van der Waals surface area contributed by atoms with E-state index >= 15 is 0 Å². The van der Waals surface area contributed by atoms with Crippen molar-refractivity contribution >= 4 is 7.60 Å². The highest BCUT2D eigenvalue weighted by Crippen LogP contribution is 2.51. The maximum Gasteiger partial charge on any atom is 0.458 e. The molecule has 0 aliphatic heterocycles. The van der Waals surface area contributed by atoms with Gasteiger partial charge in [0.05, 0.1) is 6.16 Å². The van der Waals surface area contributed by atoms with Crippen LogP contribution in [0, 0.1) is 23.3 Å². The van der Waals surface area contributed by atoms with Crippen molar-refractivity contribution in [2.24, 2.45) is 0 Å². The van der Waals surface area contributed by atoms with Crippen molar-refractivity contribution in [1.29, 1.82) is 0 Å². The van der Waals surface area contributed by atoms with Crippen molar-refractivity contribution in [2.45, 2.75) is 31.9 Å². The van der Waals surface area contributed by atoms with Crippen LogP contribution in [-0.2, 0) is 10.5 Å². The molecule has 1 aromatic carbocycles. The lowest BCUT2D eigenvalue weighted by atomic mass is 10.1. The van der Waals surface area contributed by atoms with Crippen LogP contribution in [-0.4, -0.2) is 17.2 Å². The lowest BCUT2D eigenvalue weighted by Gasteiger charge is -2.23. The molecule has 1 aromatic rings. The number of rotatable bonds is 6. The maximum atomic E-state index is 13.9. The van der Waals surface area contributed by atoms with Crippen LogP contribution in [0.15, 0.2) is 0 Å². The van der Waals surface area contributed by atoms with Crippen LogP contribution in [0.2, 0.25) is 0 Å². The molecule has 144 valence electrons. The third-order valence-corrected chi connectivity index (χ3v) is 4.27. The Hall–Kier alpha value is -1.42. The van der Waals surface area contributed by atoms with Crippen molar-refractivity contribution in [3.05, 3.63) is 28.8 Å². The Bertz CT molecular complexity index is 702. The molecule has 0 spiro atoms. The summed E-state index contributed by atoms with van der Waals surface area (Å²) in [5.41, 5.74) is -3.18. The van der Waals surface area contributed by atoms with Crippen LogP contribution < -0.4 is 4.52 Å². The smallest absolute Gasteiger partial charge is 0.418 e. The molecule has 0 radical (unpaired) electrons. The molecule has 1 unspecified atom stereocenters. The predicted octanol–water partition coefficient (Wildman–Crippen LogP) is 5.26. The first-order valence-electron chi connectivity index (χ1n) is 6.49. The Labute approximate surface area is 134 Å². The van der Waals surface area contributed by atoms with Gasteiger partial charge in [0, 0.05) is 0 Å². The standard InChI is InChI=1S/C12H10F9O3P/c1-2-3-4-25(22,23)24-10-7(14)5(6(13)8(15)9(10)16)11(17,18)12(19,20)21/h2-4H2,1H3,(H,22,23). The molecule has 1 N–H and O–H groups in total. The molecule has 0 bridgehead atoms. The number of hydrogen-bond donors (Lipinski definition) is 1. The number of halogens is 9.